The maximum atomic E-state index is 8.80. The quantitative estimate of drug-likeness (QED) is 0.890. The third-order valence-corrected chi connectivity index (χ3v) is 2.54. The van der Waals surface area contributed by atoms with Crippen molar-refractivity contribution < 1.29 is 4.74 Å². The van der Waals surface area contributed by atoms with Crippen LogP contribution < -0.4 is 10.1 Å². The number of pyridine rings is 1. The number of ether oxygens (including phenoxy) is 1. The molecule has 0 bridgehead atoms. The number of methoxy groups -OCH3 is 1. The van der Waals surface area contributed by atoms with E-state index >= 15 is 0 Å². The number of rotatable bonds is 4. The normalized spacial score (nSPS) is 9.56. The Kier molecular flexibility index (Phi) is 3.77. The zero-order valence-electron chi connectivity index (χ0n) is 10.1. The fraction of sp³-hybridized carbons (Fsp3) is 0.143. The van der Waals surface area contributed by atoms with Crippen LogP contribution in [0.2, 0.25) is 0 Å². The van der Waals surface area contributed by atoms with Gasteiger partial charge in [-0.05, 0) is 18.2 Å². The molecule has 4 nitrogen and oxygen atoms in total. The Morgan fingerprint density at radius 1 is 1.33 bits per heavy atom. The molecule has 1 aromatic heterocycles. The number of nitrogens with one attached hydrogen (secondary N) is 1. The molecule has 18 heavy (non-hydrogen) atoms. The summed E-state index contributed by atoms with van der Waals surface area (Å²) in [4.78, 5) is 4.15. The summed E-state index contributed by atoms with van der Waals surface area (Å²) in [7, 11) is 1.65. The monoisotopic (exact) mass is 239 g/mol. The van der Waals surface area contributed by atoms with Crippen molar-refractivity contribution in [1.29, 1.82) is 5.26 Å². The van der Waals surface area contributed by atoms with Crippen LogP contribution in [-0.4, -0.2) is 12.1 Å². The van der Waals surface area contributed by atoms with E-state index in [-0.39, 0.29) is 0 Å². The van der Waals surface area contributed by atoms with Gasteiger partial charge in [0, 0.05) is 18.3 Å². The Balaban J connectivity index is 2.09. The van der Waals surface area contributed by atoms with Crippen LogP contribution in [0.5, 0.6) is 5.75 Å². The molecule has 0 aliphatic rings. The molecule has 4 heteroatoms. The molecule has 2 aromatic rings. The molecule has 1 heterocycles. The largest absolute Gasteiger partial charge is 0.496 e. The number of benzene rings is 1. The fourth-order valence-electron chi connectivity index (χ4n) is 1.63. The maximum absolute atomic E-state index is 8.80. The van der Waals surface area contributed by atoms with Crippen molar-refractivity contribution in [3.63, 3.8) is 0 Å². The molecular formula is C14H13N3O. The van der Waals surface area contributed by atoms with Gasteiger partial charge in [0.25, 0.3) is 0 Å². The molecular weight excluding hydrogens is 226 g/mol. The van der Waals surface area contributed by atoms with Crippen LogP contribution in [0.4, 0.5) is 5.82 Å². The van der Waals surface area contributed by atoms with E-state index in [0.29, 0.717) is 17.9 Å². The number of anilines is 1. The summed E-state index contributed by atoms with van der Waals surface area (Å²) in [6, 6.07) is 13.3. The second-order valence-electron chi connectivity index (χ2n) is 3.71. The lowest BCUT2D eigenvalue weighted by Gasteiger charge is -2.09. The summed E-state index contributed by atoms with van der Waals surface area (Å²) >= 11 is 0. The van der Waals surface area contributed by atoms with Crippen molar-refractivity contribution in [1.82, 2.24) is 4.98 Å². The van der Waals surface area contributed by atoms with Crippen molar-refractivity contribution >= 4 is 5.82 Å². The zero-order chi connectivity index (χ0) is 12.8. The van der Waals surface area contributed by atoms with Crippen molar-refractivity contribution in [3.8, 4) is 11.8 Å². The van der Waals surface area contributed by atoms with Gasteiger partial charge in [0.2, 0.25) is 0 Å². The molecule has 0 radical (unpaired) electrons. The number of hydrogen-bond donors (Lipinski definition) is 1. The second kappa shape index (κ2) is 5.69. The predicted molar refractivity (Wildman–Crippen MR) is 69.3 cm³/mol. The minimum absolute atomic E-state index is 0.590. The Hall–Kier alpha value is -2.54. The van der Waals surface area contributed by atoms with Gasteiger partial charge >= 0.3 is 0 Å². The first kappa shape index (κ1) is 11.9. The van der Waals surface area contributed by atoms with Crippen LogP contribution in [0.3, 0.4) is 0 Å². The topological polar surface area (TPSA) is 57.9 Å². The summed E-state index contributed by atoms with van der Waals surface area (Å²) in [5.74, 6) is 1.52. The van der Waals surface area contributed by atoms with Gasteiger partial charge in [-0.15, -0.1) is 0 Å². The molecule has 0 unspecified atom stereocenters. The van der Waals surface area contributed by atoms with Crippen LogP contribution in [0.15, 0.2) is 42.6 Å². The maximum Gasteiger partial charge on any atom is 0.127 e. The lowest BCUT2D eigenvalue weighted by molar-refractivity contribution is 0.410. The van der Waals surface area contributed by atoms with Gasteiger partial charge in [0.1, 0.15) is 11.6 Å². The SMILES string of the molecule is COc1ccccc1CNc1cc(C#N)ccn1. The molecule has 2 rings (SSSR count). The molecule has 0 amide bonds. The number of hydrogen-bond acceptors (Lipinski definition) is 4. The van der Waals surface area contributed by atoms with E-state index in [9.17, 15) is 0 Å². The third-order valence-electron chi connectivity index (χ3n) is 2.54. The van der Waals surface area contributed by atoms with Crippen molar-refractivity contribution in [3.05, 3.63) is 53.7 Å². The Bertz CT molecular complexity index is 575. The van der Waals surface area contributed by atoms with Crippen LogP contribution >= 0.6 is 0 Å². The van der Waals surface area contributed by atoms with E-state index in [1.807, 2.05) is 24.3 Å². The summed E-state index contributed by atoms with van der Waals surface area (Å²) < 4.78 is 5.27. The molecule has 0 saturated carbocycles. The van der Waals surface area contributed by atoms with Gasteiger partial charge in [-0.3, -0.25) is 0 Å². The number of aromatic nitrogens is 1. The molecule has 0 aliphatic carbocycles. The van der Waals surface area contributed by atoms with Gasteiger partial charge in [-0.1, -0.05) is 18.2 Å². The lowest BCUT2D eigenvalue weighted by atomic mass is 10.2. The molecule has 0 spiro atoms. The highest BCUT2D eigenvalue weighted by Gasteiger charge is 2.02. The van der Waals surface area contributed by atoms with E-state index < -0.39 is 0 Å². The minimum atomic E-state index is 0.590. The molecule has 0 saturated heterocycles. The first-order chi connectivity index (χ1) is 8.83. The van der Waals surface area contributed by atoms with E-state index in [1.165, 1.54) is 0 Å². The smallest absolute Gasteiger partial charge is 0.127 e. The standard InChI is InChI=1S/C14H13N3O/c1-18-13-5-3-2-4-12(13)10-17-14-8-11(9-15)6-7-16-14/h2-8H,10H2,1H3,(H,16,17). The molecule has 0 fully saturated rings. The Morgan fingerprint density at radius 2 is 2.17 bits per heavy atom. The average Bonchev–Trinajstić information content (AvgIpc) is 2.45. The van der Waals surface area contributed by atoms with Crippen molar-refractivity contribution in [2.24, 2.45) is 0 Å². The van der Waals surface area contributed by atoms with E-state index in [4.69, 9.17) is 10.00 Å². The number of para-hydroxylation sites is 1. The fourth-order valence-corrected chi connectivity index (χ4v) is 1.63. The predicted octanol–water partition coefficient (Wildman–Crippen LogP) is 2.57. The first-order valence-electron chi connectivity index (χ1n) is 5.55. The number of nitriles is 1. The van der Waals surface area contributed by atoms with Crippen LogP contribution in [0.25, 0.3) is 0 Å². The molecule has 0 aliphatic heterocycles. The van der Waals surface area contributed by atoms with Gasteiger partial charge < -0.3 is 10.1 Å². The Morgan fingerprint density at radius 3 is 2.94 bits per heavy atom. The van der Waals surface area contributed by atoms with E-state index in [0.717, 1.165) is 11.3 Å². The average molecular weight is 239 g/mol. The van der Waals surface area contributed by atoms with Gasteiger partial charge in [0.15, 0.2) is 0 Å². The third kappa shape index (κ3) is 2.77. The van der Waals surface area contributed by atoms with Gasteiger partial charge in [0.05, 0.1) is 18.7 Å². The second-order valence-corrected chi connectivity index (χ2v) is 3.71. The van der Waals surface area contributed by atoms with E-state index in [2.05, 4.69) is 16.4 Å². The highest BCUT2D eigenvalue weighted by Crippen LogP contribution is 2.18. The lowest BCUT2D eigenvalue weighted by Crippen LogP contribution is -2.03. The summed E-state index contributed by atoms with van der Waals surface area (Å²) in [6.45, 7) is 0.603. The molecule has 90 valence electrons. The van der Waals surface area contributed by atoms with E-state index in [1.54, 1.807) is 25.4 Å². The van der Waals surface area contributed by atoms with Crippen LogP contribution in [0.1, 0.15) is 11.1 Å². The van der Waals surface area contributed by atoms with Crippen molar-refractivity contribution in [2.75, 3.05) is 12.4 Å². The minimum Gasteiger partial charge on any atom is -0.496 e. The van der Waals surface area contributed by atoms with Gasteiger partial charge in [-0.25, -0.2) is 4.98 Å². The summed E-state index contributed by atoms with van der Waals surface area (Å²) in [5.41, 5.74) is 1.64. The first-order valence-corrected chi connectivity index (χ1v) is 5.55. The van der Waals surface area contributed by atoms with Crippen LogP contribution in [-0.2, 0) is 6.54 Å². The highest BCUT2D eigenvalue weighted by atomic mass is 16.5. The molecule has 0 atom stereocenters. The summed E-state index contributed by atoms with van der Waals surface area (Å²) in [5, 5.41) is 12.0. The van der Waals surface area contributed by atoms with Gasteiger partial charge in [-0.2, -0.15) is 5.26 Å². The summed E-state index contributed by atoms with van der Waals surface area (Å²) in [6.07, 6.45) is 1.61. The van der Waals surface area contributed by atoms with Crippen LogP contribution in [0, 0.1) is 11.3 Å². The highest BCUT2D eigenvalue weighted by molar-refractivity contribution is 5.44. The van der Waals surface area contributed by atoms with Crippen molar-refractivity contribution in [2.45, 2.75) is 6.54 Å². The number of nitrogens with zero attached hydrogens (tertiary/aromatic N) is 2. The Labute approximate surface area is 106 Å². The zero-order valence-corrected chi connectivity index (χ0v) is 10.1. The molecule has 1 N–H and O–H groups in total. The molecule has 1 aromatic carbocycles.